The number of hydrogen-bond donors (Lipinski definition) is 0. The number of ether oxygens (including phenoxy) is 2. The summed E-state index contributed by atoms with van der Waals surface area (Å²) in [4.78, 5) is 16.3. The third-order valence-electron chi connectivity index (χ3n) is 4.19. The van der Waals surface area contributed by atoms with Gasteiger partial charge in [0.2, 0.25) is 5.90 Å². The molecule has 0 unspecified atom stereocenters. The summed E-state index contributed by atoms with van der Waals surface area (Å²) in [6, 6.07) is 13.5. The molecule has 1 aliphatic heterocycles. The number of para-hydroxylation sites is 1. The first-order valence-corrected chi connectivity index (χ1v) is 9.18. The van der Waals surface area contributed by atoms with E-state index in [0.29, 0.717) is 12.4 Å². The quantitative estimate of drug-likeness (QED) is 0.369. The van der Waals surface area contributed by atoms with Gasteiger partial charge in [-0.2, -0.15) is 0 Å². The SMILES string of the molecule is CCCCCCOc1ccccc1/C=C1\N=C(c2ccccc2F)OC1=O. The molecule has 1 heterocycles. The zero-order chi connectivity index (χ0) is 19.1. The molecule has 0 aliphatic carbocycles. The van der Waals surface area contributed by atoms with Crippen molar-refractivity contribution in [3.63, 3.8) is 0 Å². The minimum atomic E-state index is -0.606. The maximum Gasteiger partial charge on any atom is 0.363 e. The molecule has 0 N–H and O–H groups in total. The Morgan fingerprint density at radius 1 is 1.07 bits per heavy atom. The van der Waals surface area contributed by atoms with Crippen LogP contribution in [-0.4, -0.2) is 18.5 Å². The summed E-state index contributed by atoms with van der Waals surface area (Å²) in [5.74, 6) is -0.432. The lowest BCUT2D eigenvalue weighted by atomic mass is 10.1. The first-order chi connectivity index (χ1) is 13.2. The molecule has 0 bridgehead atoms. The number of benzene rings is 2. The fourth-order valence-electron chi connectivity index (χ4n) is 2.75. The van der Waals surface area contributed by atoms with E-state index in [9.17, 15) is 9.18 Å². The average Bonchev–Trinajstić information content (AvgIpc) is 3.03. The molecule has 0 atom stereocenters. The number of esters is 1. The van der Waals surface area contributed by atoms with E-state index in [4.69, 9.17) is 9.47 Å². The van der Waals surface area contributed by atoms with Crippen molar-refractivity contribution in [1.82, 2.24) is 0 Å². The molecule has 0 saturated carbocycles. The minimum absolute atomic E-state index is 0.0256. The Labute approximate surface area is 158 Å². The number of nitrogens with zero attached hydrogens (tertiary/aromatic N) is 1. The molecule has 2 aromatic carbocycles. The molecule has 140 valence electrons. The zero-order valence-corrected chi connectivity index (χ0v) is 15.3. The van der Waals surface area contributed by atoms with Crippen LogP contribution in [0.5, 0.6) is 5.75 Å². The van der Waals surface area contributed by atoms with Crippen LogP contribution in [0.1, 0.15) is 43.7 Å². The van der Waals surface area contributed by atoms with Crippen molar-refractivity contribution in [1.29, 1.82) is 0 Å². The van der Waals surface area contributed by atoms with Gasteiger partial charge in [0.25, 0.3) is 0 Å². The Hall–Kier alpha value is -2.95. The molecule has 27 heavy (non-hydrogen) atoms. The van der Waals surface area contributed by atoms with Crippen LogP contribution >= 0.6 is 0 Å². The molecule has 0 amide bonds. The number of cyclic esters (lactones) is 1. The van der Waals surface area contributed by atoms with E-state index in [0.717, 1.165) is 18.4 Å². The first-order valence-electron chi connectivity index (χ1n) is 9.18. The largest absolute Gasteiger partial charge is 0.493 e. The lowest BCUT2D eigenvalue weighted by Gasteiger charge is -2.09. The summed E-state index contributed by atoms with van der Waals surface area (Å²) in [7, 11) is 0. The molecule has 3 rings (SSSR count). The third-order valence-corrected chi connectivity index (χ3v) is 4.19. The van der Waals surface area contributed by atoms with Gasteiger partial charge in [0.1, 0.15) is 11.6 Å². The minimum Gasteiger partial charge on any atom is -0.493 e. The van der Waals surface area contributed by atoms with Crippen molar-refractivity contribution in [2.75, 3.05) is 6.61 Å². The molecular weight excluding hydrogens is 345 g/mol. The number of aliphatic imine (C=N–C) groups is 1. The summed E-state index contributed by atoms with van der Waals surface area (Å²) in [5.41, 5.74) is 1.02. The van der Waals surface area contributed by atoms with Gasteiger partial charge in [-0.15, -0.1) is 0 Å². The molecule has 1 aliphatic rings. The fraction of sp³-hybridized carbons (Fsp3) is 0.273. The van der Waals surface area contributed by atoms with Gasteiger partial charge in [0.05, 0.1) is 12.2 Å². The van der Waals surface area contributed by atoms with E-state index in [-0.39, 0.29) is 17.2 Å². The predicted octanol–water partition coefficient (Wildman–Crippen LogP) is 5.13. The van der Waals surface area contributed by atoms with Gasteiger partial charge >= 0.3 is 5.97 Å². The van der Waals surface area contributed by atoms with Crippen LogP contribution in [0, 0.1) is 5.82 Å². The van der Waals surface area contributed by atoms with Crippen LogP contribution in [0.25, 0.3) is 6.08 Å². The van der Waals surface area contributed by atoms with Gasteiger partial charge in [-0.3, -0.25) is 0 Å². The van der Waals surface area contributed by atoms with E-state index in [1.54, 1.807) is 18.2 Å². The van der Waals surface area contributed by atoms with Crippen molar-refractivity contribution in [2.45, 2.75) is 32.6 Å². The summed E-state index contributed by atoms with van der Waals surface area (Å²) >= 11 is 0. The van der Waals surface area contributed by atoms with Crippen LogP contribution < -0.4 is 4.74 Å². The van der Waals surface area contributed by atoms with Gasteiger partial charge < -0.3 is 9.47 Å². The zero-order valence-electron chi connectivity index (χ0n) is 15.3. The molecule has 0 saturated heterocycles. The molecule has 0 aromatic heterocycles. The second-order valence-electron chi connectivity index (χ2n) is 6.26. The summed E-state index contributed by atoms with van der Waals surface area (Å²) in [5, 5.41) is 0. The van der Waals surface area contributed by atoms with Crippen molar-refractivity contribution in [3.8, 4) is 5.75 Å². The molecule has 0 radical (unpaired) electrons. The van der Waals surface area contributed by atoms with Gasteiger partial charge in [-0.1, -0.05) is 56.5 Å². The van der Waals surface area contributed by atoms with Crippen molar-refractivity contribution >= 4 is 17.9 Å². The Morgan fingerprint density at radius 3 is 2.67 bits per heavy atom. The lowest BCUT2D eigenvalue weighted by molar-refractivity contribution is -0.129. The number of halogens is 1. The Balaban J connectivity index is 1.78. The second-order valence-corrected chi connectivity index (χ2v) is 6.26. The van der Waals surface area contributed by atoms with E-state index in [2.05, 4.69) is 11.9 Å². The monoisotopic (exact) mass is 367 g/mol. The number of carbonyl (C=O) groups is 1. The Morgan fingerprint density at radius 2 is 1.85 bits per heavy atom. The smallest absolute Gasteiger partial charge is 0.363 e. The number of hydrogen-bond acceptors (Lipinski definition) is 4. The van der Waals surface area contributed by atoms with Gasteiger partial charge in [0, 0.05) is 5.56 Å². The number of rotatable bonds is 8. The number of unbranched alkanes of at least 4 members (excludes halogenated alkanes) is 3. The van der Waals surface area contributed by atoms with Crippen LogP contribution in [0.15, 0.2) is 59.2 Å². The van der Waals surface area contributed by atoms with Crippen molar-refractivity contribution in [2.24, 2.45) is 4.99 Å². The molecule has 4 nitrogen and oxygen atoms in total. The highest BCUT2D eigenvalue weighted by molar-refractivity contribution is 6.13. The second kappa shape index (κ2) is 9.12. The van der Waals surface area contributed by atoms with Crippen LogP contribution in [-0.2, 0) is 9.53 Å². The number of carbonyl (C=O) groups excluding carboxylic acids is 1. The average molecular weight is 367 g/mol. The predicted molar refractivity (Wildman–Crippen MR) is 103 cm³/mol. The maximum atomic E-state index is 13.9. The van der Waals surface area contributed by atoms with Gasteiger partial charge in [0.15, 0.2) is 5.70 Å². The van der Waals surface area contributed by atoms with E-state index >= 15 is 0 Å². The molecular formula is C22H22FNO3. The first kappa shape index (κ1) is 18.8. The molecule has 5 heteroatoms. The highest BCUT2D eigenvalue weighted by Gasteiger charge is 2.26. The van der Waals surface area contributed by atoms with E-state index < -0.39 is 11.8 Å². The normalized spacial score (nSPS) is 15.0. The van der Waals surface area contributed by atoms with Gasteiger partial charge in [-0.25, -0.2) is 14.2 Å². The summed E-state index contributed by atoms with van der Waals surface area (Å²) in [6.07, 6.45) is 6.08. The van der Waals surface area contributed by atoms with Crippen molar-refractivity contribution in [3.05, 3.63) is 71.2 Å². The highest BCUT2D eigenvalue weighted by atomic mass is 19.1. The fourth-order valence-corrected chi connectivity index (χ4v) is 2.75. The summed E-state index contributed by atoms with van der Waals surface area (Å²) < 4.78 is 24.9. The Kier molecular flexibility index (Phi) is 6.36. The van der Waals surface area contributed by atoms with Crippen LogP contribution in [0.4, 0.5) is 4.39 Å². The maximum absolute atomic E-state index is 13.9. The third kappa shape index (κ3) is 4.82. The van der Waals surface area contributed by atoms with Crippen LogP contribution in [0.2, 0.25) is 0 Å². The molecule has 0 spiro atoms. The standard InChI is InChI=1S/C22H22FNO3/c1-2-3-4-9-14-26-20-13-8-5-10-16(20)15-19-22(25)27-21(24-19)17-11-6-7-12-18(17)23/h5-8,10-13,15H,2-4,9,14H2,1H3/b19-15-. The Bertz CT molecular complexity index is 873. The van der Waals surface area contributed by atoms with Crippen molar-refractivity contribution < 1.29 is 18.7 Å². The topological polar surface area (TPSA) is 47.9 Å². The highest BCUT2D eigenvalue weighted by Crippen LogP contribution is 2.25. The lowest BCUT2D eigenvalue weighted by Crippen LogP contribution is -2.07. The van der Waals surface area contributed by atoms with Crippen LogP contribution in [0.3, 0.4) is 0 Å². The van der Waals surface area contributed by atoms with Gasteiger partial charge in [-0.05, 0) is 30.7 Å². The molecule has 0 fully saturated rings. The molecule has 2 aromatic rings. The van der Waals surface area contributed by atoms with E-state index in [1.165, 1.54) is 25.0 Å². The van der Waals surface area contributed by atoms with E-state index in [1.807, 2.05) is 24.3 Å². The summed E-state index contributed by atoms with van der Waals surface area (Å²) in [6.45, 7) is 2.79.